The van der Waals surface area contributed by atoms with Crippen LogP contribution in [0.4, 0.5) is 4.39 Å². The molecule has 0 aromatic heterocycles. The minimum atomic E-state index is -0.147. The van der Waals surface area contributed by atoms with Gasteiger partial charge in [-0.3, -0.25) is 0 Å². The molecular weight excluding hydrogens is 352 g/mol. The monoisotopic (exact) mass is 377 g/mol. The van der Waals surface area contributed by atoms with Gasteiger partial charge in [0.1, 0.15) is 5.82 Å². The Hall–Kier alpha value is -0.160. The molecule has 1 unspecified atom stereocenters. The Labute approximate surface area is 130 Å². The average molecular weight is 377 g/mol. The molecule has 0 spiro atoms. The normalized spacial score (nSPS) is 12.6. The van der Waals surface area contributed by atoms with Gasteiger partial charge in [0, 0.05) is 9.61 Å². The summed E-state index contributed by atoms with van der Waals surface area (Å²) in [5.74, 6) is -0.147. The summed E-state index contributed by atoms with van der Waals surface area (Å²) in [7, 11) is 0. The van der Waals surface area contributed by atoms with Gasteiger partial charge >= 0.3 is 0 Å². The summed E-state index contributed by atoms with van der Waals surface area (Å²) < 4.78 is 14.2. The van der Waals surface area contributed by atoms with E-state index in [0.29, 0.717) is 6.04 Å². The van der Waals surface area contributed by atoms with Gasteiger partial charge < -0.3 is 5.32 Å². The molecule has 0 aliphatic heterocycles. The van der Waals surface area contributed by atoms with Crippen LogP contribution in [0, 0.1) is 9.39 Å². The molecule has 0 aliphatic carbocycles. The zero-order valence-corrected chi connectivity index (χ0v) is 14.2. The largest absolute Gasteiger partial charge is 0.310 e. The standard InChI is InChI=1S/C16H25FIN/c1-3-5-6-7-8-9-16(19-4-2)14-11-10-13(17)12-15(14)18/h10-12,16,19H,3-9H2,1-2H3. The van der Waals surface area contributed by atoms with Crippen molar-refractivity contribution in [3.63, 3.8) is 0 Å². The Kier molecular flexibility index (Phi) is 8.62. The maximum absolute atomic E-state index is 13.2. The number of rotatable bonds is 9. The summed E-state index contributed by atoms with van der Waals surface area (Å²) in [6.45, 7) is 5.32. The van der Waals surface area contributed by atoms with Gasteiger partial charge in [-0.2, -0.15) is 0 Å². The second-order valence-electron chi connectivity index (χ2n) is 4.98. The molecule has 0 saturated carbocycles. The highest BCUT2D eigenvalue weighted by atomic mass is 127. The third-order valence-corrected chi connectivity index (χ3v) is 4.32. The molecule has 1 aromatic rings. The maximum Gasteiger partial charge on any atom is 0.124 e. The van der Waals surface area contributed by atoms with E-state index < -0.39 is 0 Å². The molecule has 1 atom stereocenters. The topological polar surface area (TPSA) is 12.0 Å². The van der Waals surface area contributed by atoms with Crippen molar-refractivity contribution in [3.8, 4) is 0 Å². The fourth-order valence-corrected chi connectivity index (χ4v) is 3.20. The van der Waals surface area contributed by atoms with E-state index >= 15 is 0 Å². The van der Waals surface area contributed by atoms with Crippen LogP contribution >= 0.6 is 22.6 Å². The van der Waals surface area contributed by atoms with Gasteiger partial charge in [0.05, 0.1) is 0 Å². The van der Waals surface area contributed by atoms with Gasteiger partial charge in [-0.1, -0.05) is 52.0 Å². The predicted octanol–water partition coefficient (Wildman–Crippen LogP) is 5.44. The molecule has 0 aliphatic rings. The molecule has 0 fully saturated rings. The van der Waals surface area contributed by atoms with Gasteiger partial charge in [-0.15, -0.1) is 0 Å². The molecule has 0 heterocycles. The van der Waals surface area contributed by atoms with Crippen molar-refractivity contribution >= 4 is 22.6 Å². The van der Waals surface area contributed by atoms with E-state index in [1.165, 1.54) is 37.7 Å². The van der Waals surface area contributed by atoms with E-state index in [-0.39, 0.29) is 5.82 Å². The summed E-state index contributed by atoms with van der Waals surface area (Å²) in [5.41, 5.74) is 1.24. The maximum atomic E-state index is 13.2. The van der Waals surface area contributed by atoms with Crippen LogP contribution in [0.2, 0.25) is 0 Å². The van der Waals surface area contributed by atoms with E-state index in [2.05, 4.69) is 41.8 Å². The summed E-state index contributed by atoms with van der Waals surface area (Å²) in [5, 5.41) is 3.52. The van der Waals surface area contributed by atoms with Crippen LogP contribution in [0.25, 0.3) is 0 Å². The van der Waals surface area contributed by atoms with Crippen LogP contribution in [0.3, 0.4) is 0 Å². The Morgan fingerprint density at radius 1 is 1.16 bits per heavy atom. The van der Waals surface area contributed by atoms with Crippen molar-refractivity contribution in [2.45, 2.75) is 58.4 Å². The molecule has 0 saturated heterocycles. The Bertz CT molecular complexity index is 368. The highest BCUT2D eigenvalue weighted by Crippen LogP contribution is 2.25. The lowest BCUT2D eigenvalue weighted by molar-refractivity contribution is 0.476. The van der Waals surface area contributed by atoms with Gasteiger partial charge in [0.25, 0.3) is 0 Å². The first-order valence-corrected chi connectivity index (χ1v) is 8.45. The van der Waals surface area contributed by atoms with Crippen LogP contribution < -0.4 is 5.32 Å². The number of nitrogens with one attached hydrogen (secondary N) is 1. The molecule has 1 aromatic carbocycles. The molecule has 0 radical (unpaired) electrons. The Balaban J connectivity index is 2.55. The zero-order chi connectivity index (χ0) is 14.1. The Morgan fingerprint density at radius 3 is 2.53 bits per heavy atom. The predicted molar refractivity (Wildman–Crippen MR) is 88.9 cm³/mol. The van der Waals surface area contributed by atoms with Crippen molar-refractivity contribution in [1.29, 1.82) is 0 Å². The number of unbranched alkanes of at least 4 members (excludes halogenated alkanes) is 4. The van der Waals surface area contributed by atoms with Crippen molar-refractivity contribution in [3.05, 3.63) is 33.1 Å². The van der Waals surface area contributed by atoms with Gasteiger partial charge in [-0.25, -0.2) is 4.39 Å². The molecular formula is C16H25FIN. The summed E-state index contributed by atoms with van der Waals surface area (Å²) in [4.78, 5) is 0. The Morgan fingerprint density at radius 2 is 1.89 bits per heavy atom. The minimum Gasteiger partial charge on any atom is -0.310 e. The molecule has 3 heteroatoms. The quantitative estimate of drug-likeness (QED) is 0.446. The van der Waals surface area contributed by atoms with Gasteiger partial charge in [0.15, 0.2) is 0 Å². The molecule has 0 amide bonds. The summed E-state index contributed by atoms with van der Waals surface area (Å²) >= 11 is 2.24. The third-order valence-electron chi connectivity index (χ3n) is 3.38. The van der Waals surface area contributed by atoms with Crippen LogP contribution in [-0.2, 0) is 0 Å². The van der Waals surface area contributed by atoms with Crippen molar-refractivity contribution < 1.29 is 4.39 Å². The molecule has 1 rings (SSSR count). The zero-order valence-electron chi connectivity index (χ0n) is 12.0. The van der Waals surface area contributed by atoms with Gasteiger partial charge in [0.2, 0.25) is 0 Å². The SMILES string of the molecule is CCCCCCCC(NCC)c1ccc(F)cc1I. The van der Waals surface area contributed by atoms with Crippen LogP contribution in [-0.4, -0.2) is 6.54 Å². The van der Waals surface area contributed by atoms with Crippen LogP contribution in [0.5, 0.6) is 0 Å². The molecule has 19 heavy (non-hydrogen) atoms. The third kappa shape index (κ3) is 6.21. The molecule has 108 valence electrons. The second-order valence-corrected chi connectivity index (χ2v) is 6.14. The lowest BCUT2D eigenvalue weighted by Crippen LogP contribution is -2.21. The second kappa shape index (κ2) is 9.70. The van der Waals surface area contributed by atoms with E-state index in [1.807, 2.05) is 6.07 Å². The molecule has 1 nitrogen and oxygen atoms in total. The van der Waals surface area contributed by atoms with E-state index in [1.54, 1.807) is 12.1 Å². The highest BCUT2D eigenvalue weighted by Gasteiger charge is 2.13. The molecule has 0 bridgehead atoms. The smallest absolute Gasteiger partial charge is 0.124 e. The number of hydrogen-bond donors (Lipinski definition) is 1. The number of hydrogen-bond acceptors (Lipinski definition) is 1. The fraction of sp³-hybridized carbons (Fsp3) is 0.625. The van der Waals surface area contributed by atoms with Crippen molar-refractivity contribution in [1.82, 2.24) is 5.32 Å². The van der Waals surface area contributed by atoms with E-state index in [9.17, 15) is 4.39 Å². The minimum absolute atomic E-state index is 0.147. The highest BCUT2D eigenvalue weighted by molar-refractivity contribution is 14.1. The summed E-state index contributed by atoms with van der Waals surface area (Å²) in [6, 6.07) is 5.48. The number of halogens is 2. The van der Waals surface area contributed by atoms with E-state index in [4.69, 9.17) is 0 Å². The van der Waals surface area contributed by atoms with Crippen molar-refractivity contribution in [2.75, 3.05) is 6.54 Å². The van der Waals surface area contributed by atoms with Crippen LogP contribution in [0.1, 0.15) is 64.0 Å². The van der Waals surface area contributed by atoms with Gasteiger partial charge in [-0.05, 0) is 53.3 Å². The lowest BCUT2D eigenvalue weighted by Gasteiger charge is -2.20. The van der Waals surface area contributed by atoms with Crippen molar-refractivity contribution in [2.24, 2.45) is 0 Å². The fourth-order valence-electron chi connectivity index (χ4n) is 2.35. The lowest BCUT2D eigenvalue weighted by atomic mass is 9.99. The average Bonchev–Trinajstić information content (AvgIpc) is 2.38. The molecule has 1 N–H and O–H groups in total. The first-order valence-electron chi connectivity index (χ1n) is 7.37. The number of benzene rings is 1. The first-order chi connectivity index (χ1) is 9.19. The first kappa shape index (κ1) is 16.9. The summed E-state index contributed by atoms with van der Waals surface area (Å²) in [6.07, 6.45) is 7.63. The van der Waals surface area contributed by atoms with E-state index in [0.717, 1.165) is 16.5 Å². The van der Waals surface area contributed by atoms with Crippen LogP contribution in [0.15, 0.2) is 18.2 Å².